The van der Waals surface area contributed by atoms with Crippen molar-refractivity contribution < 1.29 is 14.3 Å². The van der Waals surface area contributed by atoms with E-state index in [1.54, 1.807) is 6.07 Å². The van der Waals surface area contributed by atoms with Crippen molar-refractivity contribution in [2.45, 2.75) is 6.54 Å². The third-order valence-corrected chi connectivity index (χ3v) is 1.97. The van der Waals surface area contributed by atoms with Gasteiger partial charge in [0.25, 0.3) is 0 Å². The van der Waals surface area contributed by atoms with Gasteiger partial charge in [-0.2, -0.15) is 4.39 Å². The van der Waals surface area contributed by atoms with Crippen molar-refractivity contribution in [1.29, 1.82) is 0 Å². The lowest BCUT2D eigenvalue weighted by atomic mass is 10.3. The standard InChI is InChI=1S/C10H8FN3O2.ClH/c11-8-3-1-2-7(13-8)10-12-4-5-14(10)6-9(15)16;/h1-5H,6H2,(H,15,16);1H. The smallest absolute Gasteiger partial charge is 0.323 e. The Hall–Kier alpha value is -1.95. The minimum Gasteiger partial charge on any atom is -0.480 e. The minimum absolute atomic E-state index is 0. The van der Waals surface area contributed by atoms with Crippen LogP contribution in [0.5, 0.6) is 0 Å². The molecule has 1 N–H and O–H groups in total. The number of hydrogen-bond acceptors (Lipinski definition) is 3. The Morgan fingerprint density at radius 2 is 2.24 bits per heavy atom. The molecule has 0 fully saturated rings. The second-order valence-corrected chi connectivity index (χ2v) is 3.12. The predicted molar refractivity (Wildman–Crippen MR) is 60.3 cm³/mol. The molecule has 2 heterocycles. The Kier molecular flexibility index (Phi) is 4.17. The van der Waals surface area contributed by atoms with E-state index in [4.69, 9.17) is 5.11 Å². The average molecular weight is 258 g/mol. The van der Waals surface area contributed by atoms with Crippen LogP contribution >= 0.6 is 12.4 Å². The molecular formula is C10H9ClFN3O2. The van der Waals surface area contributed by atoms with Crippen LogP contribution in [0.3, 0.4) is 0 Å². The summed E-state index contributed by atoms with van der Waals surface area (Å²) in [7, 11) is 0. The Labute approximate surface area is 102 Å². The van der Waals surface area contributed by atoms with Crippen LogP contribution < -0.4 is 0 Å². The Morgan fingerprint density at radius 3 is 2.88 bits per heavy atom. The zero-order chi connectivity index (χ0) is 11.5. The molecule has 2 aromatic rings. The van der Waals surface area contributed by atoms with Crippen LogP contribution in [0.25, 0.3) is 11.5 Å². The topological polar surface area (TPSA) is 68.0 Å². The second-order valence-electron chi connectivity index (χ2n) is 3.12. The van der Waals surface area contributed by atoms with Gasteiger partial charge in [0.1, 0.15) is 12.2 Å². The van der Waals surface area contributed by atoms with E-state index < -0.39 is 11.9 Å². The third kappa shape index (κ3) is 3.01. The van der Waals surface area contributed by atoms with E-state index >= 15 is 0 Å². The predicted octanol–water partition coefficient (Wildman–Crippen LogP) is 1.59. The van der Waals surface area contributed by atoms with Crippen molar-refractivity contribution in [3.63, 3.8) is 0 Å². The highest BCUT2D eigenvalue weighted by Crippen LogP contribution is 2.14. The number of hydrogen-bond donors (Lipinski definition) is 1. The molecule has 0 aliphatic carbocycles. The number of imidazole rings is 1. The first kappa shape index (κ1) is 13.1. The van der Waals surface area contributed by atoms with Crippen molar-refractivity contribution in [1.82, 2.24) is 14.5 Å². The van der Waals surface area contributed by atoms with Gasteiger partial charge in [0, 0.05) is 12.4 Å². The fraction of sp³-hybridized carbons (Fsp3) is 0.100. The molecule has 17 heavy (non-hydrogen) atoms. The van der Waals surface area contributed by atoms with Gasteiger partial charge in [-0.1, -0.05) is 6.07 Å². The fourth-order valence-corrected chi connectivity index (χ4v) is 1.35. The molecule has 0 saturated heterocycles. The molecule has 0 spiro atoms. The maximum Gasteiger partial charge on any atom is 0.323 e. The number of rotatable bonds is 3. The minimum atomic E-state index is -0.990. The van der Waals surface area contributed by atoms with Gasteiger partial charge in [0.05, 0.1) is 0 Å². The van der Waals surface area contributed by atoms with E-state index in [1.807, 2.05) is 0 Å². The van der Waals surface area contributed by atoms with E-state index in [2.05, 4.69) is 9.97 Å². The van der Waals surface area contributed by atoms with Crippen molar-refractivity contribution in [3.05, 3.63) is 36.5 Å². The first-order valence-electron chi connectivity index (χ1n) is 4.52. The summed E-state index contributed by atoms with van der Waals surface area (Å²) in [5, 5.41) is 8.67. The van der Waals surface area contributed by atoms with Gasteiger partial charge in [-0.05, 0) is 12.1 Å². The van der Waals surface area contributed by atoms with E-state index in [1.165, 1.54) is 29.1 Å². The van der Waals surface area contributed by atoms with Gasteiger partial charge in [-0.15, -0.1) is 12.4 Å². The van der Waals surface area contributed by atoms with Gasteiger partial charge in [-0.3, -0.25) is 4.79 Å². The summed E-state index contributed by atoms with van der Waals surface area (Å²) in [5.41, 5.74) is 0.311. The lowest BCUT2D eigenvalue weighted by Crippen LogP contribution is -2.09. The SMILES string of the molecule is Cl.O=C(O)Cn1ccnc1-c1cccc(F)n1. The zero-order valence-corrected chi connectivity index (χ0v) is 9.39. The van der Waals surface area contributed by atoms with E-state index in [0.29, 0.717) is 11.5 Å². The summed E-state index contributed by atoms with van der Waals surface area (Å²) in [6.45, 7) is -0.229. The lowest BCUT2D eigenvalue weighted by Gasteiger charge is -2.03. The van der Waals surface area contributed by atoms with E-state index in [-0.39, 0.29) is 19.0 Å². The maximum absolute atomic E-state index is 12.9. The van der Waals surface area contributed by atoms with Crippen LogP contribution in [-0.4, -0.2) is 25.6 Å². The summed E-state index contributed by atoms with van der Waals surface area (Å²) < 4.78 is 14.3. The van der Waals surface area contributed by atoms with Crippen LogP contribution in [0.4, 0.5) is 4.39 Å². The molecule has 0 atom stereocenters. The van der Waals surface area contributed by atoms with Crippen LogP contribution in [0.15, 0.2) is 30.6 Å². The molecule has 0 aliphatic heterocycles. The van der Waals surface area contributed by atoms with Crippen LogP contribution in [0.1, 0.15) is 0 Å². The molecule has 90 valence electrons. The Bertz CT molecular complexity index is 530. The van der Waals surface area contributed by atoms with Gasteiger partial charge < -0.3 is 9.67 Å². The largest absolute Gasteiger partial charge is 0.480 e. The number of halogens is 2. The highest BCUT2D eigenvalue weighted by atomic mass is 35.5. The fourth-order valence-electron chi connectivity index (χ4n) is 1.35. The van der Waals surface area contributed by atoms with Crippen molar-refractivity contribution in [2.24, 2.45) is 0 Å². The van der Waals surface area contributed by atoms with Gasteiger partial charge >= 0.3 is 5.97 Å². The maximum atomic E-state index is 12.9. The second kappa shape index (κ2) is 5.40. The molecule has 0 saturated carbocycles. The van der Waals surface area contributed by atoms with Crippen LogP contribution in [-0.2, 0) is 11.3 Å². The Morgan fingerprint density at radius 1 is 1.47 bits per heavy atom. The van der Waals surface area contributed by atoms with Gasteiger partial charge in [0.15, 0.2) is 5.82 Å². The molecule has 0 aromatic carbocycles. The molecular weight excluding hydrogens is 249 g/mol. The summed E-state index contributed by atoms with van der Waals surface area (Å²) in [4.78, 5) is 18.2. The molecule has 0 amide bonds. The average Bonchev–Trinajstić information content (AvgIpc) is 2.65. The monoisotopic (exact) mass is 257 g/mol. The summed E-state index contributed by atoms with van der Waals surface area (Å²) in [5.74, 6) is -1.28. The van der Waals surface area contributed by atoms with Crippen molar-refractivity contribution in [3.8, 4) is 11.5 Å². The first-order valence-corrected chi connectivity index (χ1v) is 4.52. The quantitative estimate of drug-likeness (QED) is 0.848. The molecule has 0 unspecified atom stereocenters. The number of carbonyl (C=O) groups is 1. The first-order chi connectivity index (χ1) is 7.66. The molecule has 7 heteroatoms. The van der Waals surface area contributed by atoms with E-state index in [9.17, 15) is 9.18 Å². The molecule has 0 aliphatic rings. The number of carboxylic acids is 1. The number of carboxylic acid groups (broad SMARTS) is 1. The Balaban J connectivity index is 0.00000144. The van der Waals surface area contributed by atoms with Crippen molar-refractivity contribution in [2.75, 3.05) is 0 Å². The number of aromatic nitrogens is 3. The summed E-state index contributed by atoms with van der Waals surface area (Å²) >= 11 is 0. The van der Waals surface area contributed by atoms with Gasteiger partial charge in [-0.25, -0.2) is 9.97 Å². The molecule has 5 nitrogen and oxygen atoms in total. The summed E-state index contributed by atoms with van der Waals surface area (Å²) in [6.07, 6.45) is 2.96. The molecule has 2 rings (SSSR count). The van der Waals surface area contributed by atoms with Crippen LogP contribution in [0.2, 0.25) is 0 Å². The molecule has 0 radical (unpaired) electrons. The highest BCUT2D eigenvalue weighted by molar-refractivity contribution is 5.85. The lowest BCUT2D eigenvalue weighted by molar-refractivity contribution is -0.137. The highest BCUT2D eigenvalue weighted by Gasteiger charge is 2.10. The molecule has 0 bridgehead atoms. The number of pyridine rings is 1. The van der Waals surface area contributed by atoms with Gasteiger partial charge in [0.2, 0.25) is 5.95 Å². The van der Waals surface area contributed by atoms with E-state index in [0.717, 1.165) is 0 Å². The summed E-state index contributed by atoms with van der Waals surface area (Å²) in [6, 6.07) is 4.29. The number of nitrogens with zero attached hydrogens (tertiary/aromatic N) is 3. The van der Waals surface area contributed by atoms with Crippen molar-refractivity contribution >= 4 is 18.4 Å². The normalized spacial score (nSPS) is 9.71. The van der Waals surface area contributed by atoms with Crippen LogP contribution in [0, 0.1) is 5.95 Å². The third-order valence-electron chi connectivity index (χ3n) is 1.97. The number of aliphatic carboxylic acids is 1. The molecule has 2 aromatic heterocycles. The zero-order valence-electron chi connectivity index (χ0n) is 8.58.